The van der Waals surface area contributed by atoms with E-state index in [1.807, 2.05) is 24.5 Å². The number of benzene rings is 3. The van der Waals surface area contributed by atoms with Crippen LogP contribution in [0.4, 0.5) is 15.9 Å². The van der Waals surface area contributed by atoms with E-state index < -0.39 is 11.7 Å². The Morgan fingerprint density at radius 3 is 2.64 bits per heavy atom. The number of phenols is 1. The predicted molar refractivity (Wildman–Crippen MR) is 169 cm³/mol. The quantitative estimate of drug-likeness (QED) is 0.154. The number of nitrogens with zero attached hydrogens (tertiary/aromatic N) is 3. The minimum absolute atomic E-state index is 0.0108. The van der Waals surface area contributed by atoms with Gasteiger partial charge >= 0.3 is 0 Å². The number of carbonyl (C=O) groups is 3. The van der Waals surface area contributed by atoms with Gasteiger partial charge in [0.15, 0.2) is 5.16 Å². The molecule has 3 amide bonds. The fourth-order valence-electron chi connectivity index (χ4n) is 5.29. The predicted octanol–water partition coefficient (Wildman–Crippen LogP) is 6.07. The van der Waals surface area contributed by atoms with Crippen LogP contribution in [0, 0.1) is 5.82 Å². The number of phenolic OH excluding ortho intramolecular Hbond substituents is 1. The number of nitrogens with one attached hydrogen (secondary N) is 3. The van der Waals surface area contributed by atoms with Gasteiger partial charge in [0.2, 0.25) is 5.91 Å². The standard InChI is InChI=1S/C33H27FN6O4S/c1-18(41)36-27-15-20(12-13-35-27)30-29(38-33(39-30)45-2)19-7-5-8-22(14-19)37-31(43)28-24(26(42)11-10-25(28)34)17-40-16-21-6-3-4-9-23(21)32(40)44/h3-15,42H,16-17H2,1-2H3,(H,37,43)(H,38,39)(H,35,36,41). The molecule has 6 rings (SSSR count). The molecule has 0 spiro atoms. The van der Waals surface area contributed by atoms with Crippen LogP contribution < -0.4 is 10.6 Å². The lowest BCUT2D eigenvalue weighted by atomic mass is 10.0. The number of hydrogen-bond acceptors (Lipinski definition) is 7. The molecule has 0 aliphatic carbocycles. The lowest BCUT2D eigenvalue weighted by Gasteiger charge is -2.19. The summed E-state index contributed by atoms with van der Waals surface area (Å²) in [6.45, 7) is 1.53. The molecule has 226 valence electrons. The Balaban J connectivity index is 1.30. The number of carbonyl (C=O) groups excluding carboxylic acids is 3. The summed E-state index contributed by atoms with van der Waals surface area (Å²) < 4.78 is 15.2. The first kappa shape index (κ1) is 29.6. The summed E-state index contributed by atoms with van der Waals surface area (Å²) in [5.41, 5.74) is 4.04. The van der Waals surface area contributed by atoms with Crippen molar-refractivity contribution < 1.29 is 23.9 Å². The van der Waals surface area contributed by atoms with Crippen molar-refractivity contribution in [2.75, 3.05) is 16.9 Å². The van der Waals surface area contributed by atoms with E-state index in [-0.39, 0.29) is 41.8 Å². The summed E-state index contributed by atoms with van der Waals surface area (Å²) in [5.74, 6) is -2.02. The van der Waals surface area contributed by atoms with Gasteiger partial charge in [0, 0.05) is 47.6 Å². The molecule has 5 aromatic rings. The number of aromatic amines is 1. The van der Waals surface area contributed by atoms with Gasteiger partial charge in [0.25, 0.3) is 11.8 Å². The topological polar surface area (TPSA) is 140 Å². The van der Waals surface area contributed by atoms with Gasteiger partial charge in [-0.1, -0.05) is 42.1 Å². The maximum atomic E-state index is 15.2. The third-order valence-corrected chi connectivity index (χ3v) is 7.91. The zero-order valence-electron chi connectivity index (χ0n) is 24.2. The Morgan fingerprint density at radius 1 is 1.04 bits per heavy atom. The Kier molecular flexibility index (Phi) is 8.05. The lowest BCUT2D eigenvalue weighted by molar-refractivity contribution is -0.114. The van der Waals surface area contributed by atoms with Crippen LogP contribution in [0.25, 0.3) is 22.5 Å². The molecule has 12 heteroatoms. The van der Waals surface area contributed by atoms with Crippen molar-refractivity contribution in [2.24, 2.45) is 0 Å². The molecule has 2 aromatic heterocycles. The van der Waals surface area contributed by atoms with Crippen LogP contribution in [0.2, 0.25) is 0 Å². The fraction of sp³-hybridized carbons (Fsp3) is 0.121. The first-order valence-electron chi connectivity index (χ1n) is 13.9. The summed E-state index contributed by atoms with van der Waals surface area (Å²) in [6.07, 6.45) is 3.46. The van der Waals surface area contributed by atoms with Gasteiger partial charge in [0.1, 0.15) is 17.4 Å². The number of H-pyrrole nitrogens is 1. The van der Waals surface area contributed by atoms with Crippen LogP contribution in [0.3, 0.4) is 0 Å². The summed E-state index contributed by atoms with van der Waals surface area (Å²) in [4.78, 5) is 51.8. The number of imidazole rings is 1. The van der Waals surface area contributed by atoms with Crippen LogP contribution in [-0.2, 0) is 17.9 Å². The van der Waals surface area contributed by atoms with Gasteiger partial charge in [-0.05, 0) is 54.3 Å². The highest BCUT2D eigenvalue weighted by Gasteiger charge is 2.30. The van der Waals surface area contributed by atoms with Crippen LogP contribution >= 0.6 is 11.8 Å². The molecular formula is C33H27FN6O4S. The third kappa shape index (κ3) is 6.00. The molecule has 0 saturated heterocycles. The number of fused-ring (bicyclic) bond motifs is 1. The van der Waals surface area contributed by atoms with E-state index in [9.17, 15) is 19.5 Å². The number of amides is 3. The zero-order valence-corrected chi connectivity index (χ0v) is 25.0. The SMILES string of the molecule is CSc1nc(-c2cccc(NC(=O)c3c(F)ccc(O)c3CN3Cc4ccccc4C3=O)c2)c(-c2ccnc(NC(C)=O)c2)[nH]1. The van der Waals surface area contributed by atoms with Crippen LogP contribution in [0.5, 0.6) is 5.75 Å². The molecule has 0 radical (unpaired) electrons. The number of aromatic nitrogens is 3. The number of halogens is 1. The second-order valence-corrected chi connectivity index (χ2v) is 11.1. The first-order valence-corrected chi connectivity index (χ1v) is 15.1. The molecule has 4 N–H and O–H groups in total. The van der Waals surface area contributed by atoms with E-state index in [4.69, 9.17) is 4.98 Å². The van der Waals surface area contributed by atoms with Crippen molar-refractivity contribution in [1.82, 2.24) is 19.9 Å². The van der Waals surface area contributed by atoms with E-state index >= 15 is 4.39 Å². The normalized spacial score (nSPS) is 12.2. The minimum Gasteiger partial charge on any atom is -0.508 e. The minimum atomic E-state index is -0.826. The van der Waals surface area contributed by atoms with Crippen molar-refractivity contribution in [2.45, 2.75) is 25.2 Å². The maximum absolute atomic E-state index is 15.2. The number of pyridine rings is 1. The number of anilines is 2. The van der Waals surface area contributed by atoms with Gasteiger partial charge in [-0.2, -0.15) is 0 Å². The Hall–Kier alpha value is -5.49. The van der Waals surface area contributed by atoms with E-state index in [2.05, 4.69) is 20.6 Å². The zero-order chi connectivity index (χ0) is 31.7. The van der Waals surface area contributed by atoms with Crippen molar-refractivity contribution in [3.05, 3.63) is 107 Å². The average Bonchev–Trinajstić information content (AvgIpc) is 3.60. The number of hydrogen-bond donors (Lipinski definition) is 4. The van der Waals surface area contributed by atoms with E-state index in [1.165, 1.54) is 29.7 Å². The largest absolute Gasteiger partial charge is 0.508 e. The van der Waals surface area contributed by atoms with E-state index in [0.29, 0.717) is 39.2 Å². The molecule has 10 nitrogen and oxygen atoms in total. The monoisotopic (exact) mass is 622 g/mol. The van der Waals surface area contributed by atoms with Gasteiger partial charge in [-0.3, -0.25) is 14.4 Å². The van der Waals surface area contributed by atoms with Gasteiger partial charge in [-0.15, -0.1) is 0 Å². The van der Waals surface area contributed by atoms with Crippen LogP contribution in [0.15, 0.2) is 84.1 Å². The highest BCUT2D eigenvalue weighted by Crippen LogP contribution is 2.35. The molecule has 1 aliphatic rings. The molecule has 0 fully saturated rings. The molecule has 3 aromatic carbocycles. The summed E-state index contributed by atoms with van der Waals surface area (Å²) in [7, 11) is 0. The van der Waals surface area contributed by atoms with Crippen molar-refractivity contribution >= 4 is 41.0 Å². The van der Waals surface area contributed by atoms with Crippen molar-refractivity contribution in [1.29, 1.82) is 0 Å². The highest BCUT2D eigenvalue weighted by atomic mass is 32.2. The molecule has 0 bridgehead atoms. The lowest BCUT2D eigenvalue weighted by Crippen LogP contribution is -2.26. The van der Waals surface area contributed by atoms with E-state index in [1.54, 1.807) is 48.7 Å². The van der Waals surface area contributed by atoms with Gasteiger partial charge < -0.3 is 25.6 Å². The third-order valence-electron chi connectivity index (χ3n) is 7.33. The summed E-state index contributed by atoms with van der Waals surface area (Å²) in [5, 5.41) is 16.8. The number of rotatable bonds is 8. The summed E-state index contributed by atoms with van der Waals surface area (Å²) in [6, 6.07) is 19.8. The smallest absolute Gasteiger partial charge is 0.259 e. The molecule has 3 heterocycles. The van der Waals surface area contributed by atoms with Crippen molar-refractivity contribution in [3.8, 4) is 28.3 Å². The number of aromatic hydroxyl groups is 1. The molecule has 0 unspecified atom stereocenters. The second-order valence-electron chi connectivity index (χ2n) is 10.4. The Morgan fingerprint density at radius 2 is 1.87 bits per heavy atom. The van der Waals surface area contributed by atoms with Crippen LogP contribution in [0.1, 0.15) is 38.8 Å². The molecular weight excluding hydrogens is 595 g/mol. The second kappa shape index (κ2) is 12.2. The molecule has 45 heavy (non-hydrogen) atoms. The summed E-state index contributed by atoms with van der Waals surface area (Å²) >= 11 is 1.42. The number of thioether (sulfide) groups is 1. The van der Waals surface area contributed by atoms with Gasteiger partial charge in [-0.25, -0.2) is 14.4 Å². The van der Waals surface area contributed by atoms with Crippen molar-refractivity contribution in [3.63, 3.8) is 0 Å². The first-order chi connectivity index (χ1) is 21.7. The van der Waals surface area contributed by atoms with Gasteiger partial charge in [0.05, 0.1) is 23.5 Å². The highest BCUT2D eigenvalue weighted by molar-refractivity contribution is 7.98. The average molecular weight is 623 g/mol. The Labute approximate surface area is 261 Å². The molecule has 1 aliphatic heterocycles. The molecule has 0 saturated carbocycles. The van der Waals surface area contributed by atoms with Crippen LogP contribution in [-0.4, -0.2) is 48.9 Å². The Bertz CT molecular complexity index is 1980. The fourth-order valence-corrected chi connectivity index (χ4v) is 5.67. The van der Waals surface area contributed by atoms with E-state index in [0.717, 1.165) is 17.2 Å². The molecule has 0 atom stereocenters. The maximum Gasteiger partial charge on any atom is 0.259 e.